The highest BCUT2D eigenvalue weighted by Gasteiger charge is 2.16. The number of rotatable bonds is 6. The van der Waals surface area contributed by atoms with Gasteiger partial charge in [-0.1, -0.05) is 37.2 Å². The fourth-order valence-electron chi connectivity index (χ4n) is 3.11. The first-order valence-electron chi connectivity index (χ1n) is 9.43. The van der Waals surface area contributed by atoms with Crippen LogP contribution in [0.15, 0.2) is 46.3 Å². The minimum Gasteiger partial charge on any atom is -0.454 e. The summed E-state index contributed by atoms with van der Waals surface area (Å²) in [5, 5.41) is 4.29. The Hall–Kier alpha value is -2.71. The molecule has 1 aliphatic heterocycles. The Morgan fingerprint density at radius 2 is 2.03 bits per heavy atom. The SMILES string of the molecule is CC(C)Cn1c(SCC(=O)Nc2ccc3c(c2)OCO3)nc2ccc(Cl)cc2c1=O. The van der Waals surface area contributed by atoms with Crippen LogP contribution in [0.5, 0.6) is 11.5 Å². The van der Waals surface area contributed by atoms with Gasteiger partial charge in [-0.25, -0.2) is 4.98 Å². The first kappa shape index (κ1) is 20.6. The molecule has 0 saturated carbocycles. The van der Waals surface area contributed by atoms with Crippen molar-refractivity contribution in [2.45, 2.75) is 25.5 Å². The van der Waals surface area contributed by atoms with Gasteiger partial charge in [-0.15, -0.1) is 0 Å². The van der Waals surface area contributed by atoms with E-state index in [0.29, 0.717) is 44.8 Å². The Labute approximate surface area is 182 Å². The van der Waals surface area contributed by atoms with Gasteiger partial charge in [0.25, 0.3) is 5.56 Å². The van der Waals surface area contributed by atoms with E-state index in [4.69, 9.17) is 21.1 Å². The number of anilines is 1. The molecule has 30 heavy (non-hydrogen) atoms. The van der Waals surface area contributed by atoms with E-state index in [1.807, 2.05) is 13.8 Å². The van der Waals surface area contributed by atoms with Gasteiger partial charge in [-0.05, 0) is 36.2 Å². The van der Waals surface area contributed by atoms with Gasteiger partial charge >= 0.3 is 0 Å². The number of benzene rings is 2. The van der Waals surface area contributed by atoms with Gasteiger partial charge in [0.15, 0.2) is 16.7 Å². The first-order valence-corrected chi connectivity index (χ1v) is 10.8. The van der Waals surface area contributed by atoms with E-state index < -0.39 is 0 Å². The second kappa shape index (κ2) is 8.57. The van der Waals surface area contributed by atoms with Crippen LogP contribution in [-0.4, -0.2) is 28.0 Å². The van der Waals surface area contributed by atoms with E-state index in [1.165, 1.54) is 11.8 Å². The molecule has 0 saturated heterocycles. The highest BCUT2D eigenvalue weighted by molar-refractivity contribution is 7.99. The summed E-state index contributed by atoms with van der Waals surface area (Å²) in [6.45, 7) is 4.72. The summed E-state index contributed by atoms with van der Waals surface area (Å²) in [7, 11) is 0. The predicted octanol–water partition coefficient (Wildman–Crippen LogP) is 4.17. The quantitative estimate of drug-likeness (QED) is 0.453. The maximum absolute atomic E-state index is 13.0. The average molecular weight is 446 g/mol. The zero-order valence-electron chi connectivity index (χ0n) is 16.5. The van der Waals surface area contributed by atoms with E-state index >= 15 is 0 Å². The fraction of sp³-hybridized carbons (Fsp3) is 0.286. The zero-order valence-corrected chi connectivity index (χ0v) is 18.0. The van der Waals surface area contributed by atoms with E-state index in [2.05, 4.69) is 10.3 Å². The topological polar surface area (TPSA) is 82.5 Å². The number of carbonyl (C=O) groups is 1. The van der Waals surface area contributed by atoms with E-state index in [-0.39, 0.29) is 29.9 Å². The van der Waals surface area contributed by atoms with E-state index in [0.717, 1.165) is 0 Å². The lowest BCUT2D eigenvalue weighted by Crippen LogP contribution is -2.26. The maximum Gasteiger partial charge on any atom is 0.262 e. The first-order chi connectivity index (χ1) is 14.4. The monoisotopic (exact) mass is 445 g/mol. The molecule has 1 aliphatic rings. The molecule has 3 aromatic rings. The molecular formula is C21H20ClN3O4S. The van der Waals surface area contributed by atoms with Crippen molar-refractivity contribution in [3.05, 3.63) is 51.8 Å². The van der Waals surface area contributed by atoms with Crippen molar-refractivity contribution in [3.63, 3.8) is 0 Å². The van der Waals surface area contributed by atoms with Crippen LogP contribution in [-0.2, 0) is 11.3 Å². The van der Waals surface area contributed by atoms with E-state index in [1.54, 1.807) is 41.0 Å². The highest BCUT2D eigenvalue weighted by Crippen LogP contribution is 2.34. The number of fused-ring (bicyclic) bond motifs is 2. The molecule has 0 fully saturated rings. The third-order valence-corrected chi connectivity index (χ3v) is 5.63. The molecule has 2 heterocycles. The van der Waals surface area contributed by atoms with Crippen LogP contribution in [0.2, 0.25) is 5.02 Å². The number of nitrogens with zero attached hydrogens (tertiary/aromatic N) is 2. The molecule has 0 atom stereocenters. The molecule has 0 spiro atoms. The normalized spacial score (nSPS) is 12.5. The van der Waals surface area contributed by atoms with Crippen molar-refractivity contribution in [1.29, 1.82) is 0 Å². The van der Waals surface area contributed by atoms with Gasteiger partial charge in [0.1, 0.15) is 0 Å². The lowest BCUT2D eigenvalue weighted by atomic mass is 10.2. The predicted molar refractivity (Wildman–Crippen MR) is 118 cm³/mol. The molecule has 0 bridgehead atoms. The third-order valence-electron chi connectivity index (χ3n) is 4.42. The van der Waals surface area contributed by atoms with Crippen molar-refractivity contribution in [3.8, 4) is 11.5 Å². The van der Waals surface area contributed by atoms with Crippen molar-refractivity contribution >= 4 is 45.9 Å². The Bertz CT molecular complexity index is 1180. The van der Waals surface area contributed by atoms with Crippen LogP contribution in [0, 0.1) is 5.92 Å². The second-order valence-corrected chi connectivity index (χ2v) is 8.65. The number of amides is 1. The Morgan fingerprint density at radius 3 is 2.83 bits per heavy atom. The lowest BCUT2D eigenvalue weighted by Gasteiger charge is -2.15. The molecule has 7 nitrogen and oxygen atoms in total. The van der Waals surface area contributed by atoms with Gasteiger partial charge in [0, 0.05) is 23.3 Å². The minimum atomic E-state index is -0.208. The van der Waals surface area contributed by atoms with Gasteiger partial charge in [-0.2, -0.15) is 0 Å². The Morgan fingerprint density at radius 1 is 1.23 bits per heavy atom. The molecule has 1 aromatic heterocycles. The molecule has 9 heteroatoms. The van der Waals surface area contributed by atoms with Crippen LogP contribution >= 0.6 is 23.4 Å². The number of nitrogens with one attached hydrogen (secondary N) is 1. The van der Waals surface area contributed by atoms with Crippen LogP contribution in [0.4, 0.5) is 5.69 Å². The summed E-state index contributed by atoms with van der Waals surface area (Å²) in [4.78, 5) is 30.1. The summed E-state index contributed by atoms with van der Waals surface area (Å²) in [5.74, 6) is 1.39. The molecule has 156 valence electrons. The molecule has 1 N–H and O–H groups in total. The summed E-state index contributed by atoms with van der Waals surface area (Å²) >= 11 is 7.28. The standard InChI is InChI=1S/C21H20ClN3O4S/c1-12(2)9-25-20(27)15-7-13(22)3-5-16(15)24-21(25)30-10-19(26)23-14-4-6-17-18(8-14)29-11-28-17/h3-8,12H,9-11H2,1-2H3,(H,23,26). The molecule has 0 aliphatic carbocycles. The van der Waals surface area contributed by atoms with Gasteiger partial charge in [0.2, 0.25) is 12.7 Å². The zero-order chi connectivity index (χ0) is 21.3. The van der Waals surface area contributed by atoms with Crippen molar-refractivity contribution in [2.75, 3.05) is 17.9 Å². The van der Waals surface area contributed by atoms with Gasteiger partial charge in [-0.3, -0.25) is 14.2 Å². The van der Waals surface area contributed by atoms with Crippen LogP contribution < -0.4 is 20.3 Å². The van der Waals surface area contributed by atoms with Crippen molar-refractivity contribution < 1.29 is 14.3 Å². The molecule has 1 amide bonds. The number of hydrogen-bond donors (Lipinski definition) is 1. The average Bonchev–Trinajstić information content (AvgIpc) is 3.17. The molecule has 2 aromatic carbocycles. The molecular weight excluding hydrogens is 426 g/mol. The Balaban J connectivity index is 1.54. The summed E-state index contributed by atoms with van der Waals surface area (Å²) in [6.07, 6.45) is 0. The highest BCUT2D eigenvalue weighted by atomic mass is 35.5. The number of halogens is 1. The molecule has 0 unspecified atom stereocenters. The summed E-state index contributed by atoms with van der Waals surface area (Å²) in [5.41, 5.74) is 1.02. The summed E-state index contributed by atoms with van der Waals surface area (Å²) in [6, 6.07) is 10.3. The third kappa shape index (κ3) is 4.39. The minimum absolute atomic E-state index is 0.109. The van der Waals surface area contributed by atoms with Gasteiger partial charge in [0.05, 0.1) is 16.7 Å². The van der Waals surface area contributed by atoms with Crippen LogP contribution in [0.25, 0.3) is 10.9 Å². The smallest absolute Gasteiger partial charge is 0.262 e. The van der Waals surface area contributed by atoms with Gasteiger partial charge < -0.3 is 14.8 Å². The maximum atomic E-state index is 13.0. The second-order valence-electron chi connectivity index (χ2n) is 7.27. The molecule has 4 rings (SSSR count). The lowest BCUT2D eigenvalue weighted by molar-refractivity contribution is -0.113. The summed E-state index contributed by atoms with van der Waals surface area (Å²) < 4.78 is 12.2. The number of ether oxygens (including phenoxy) is 2. The van der Waals surface area contributed by atoms with Crippen LogP contribution in [0.3, 0.4) is 0 Å². The Kier molecular flexibility index (Phi) is 5.87. The fourth-order valence-corrected chi connectivity index (χ4v) is 4.09. The van der Waals surface area contributed by atoms with Crippen LogP contribution in [0.1, 0.15) is 13.8 Å². The van der Waals surface area contributed by atoms with Crippen molar-refractivity contribution in [1.82, 2.24) is 9.55 Å². The number of carbonyl (C=O) groups excluding carboxylic acids is 1. The number of hydrogen-bond acceptors (Lipinski definition) is 6. The van der Waals surface area contributed by atoms with E-state index in [9.17, 15) is 9.59 Å². The largest absolute Gasteiger partial charge is 0.454 e. The molecule has 0 radical (unpaired) electrons. The number of thioether (sulfide) groups is 1. The number of aromatic nitrogens is 2. The van der Waals surface area contributed by atoms with Crippen molar-refractivity contribution in [2.24, 2.45) is 5.92 Å².